The predicted octanol–water partition coefficient (Wildman–Crippen LogP) is 4.00. The Hall–Kier alpha value is -3.14. The molecular formula is C20H17N3O. The Labute approximate surface area is 139 Å². The summed E-state index contributed by atoms with van der Waals surface area (Å²) in [5, 5.41) is 6.03. The van der Waals surface area contributed by atoms with Crippen molar-refractivity contribution in [2.45, 2.75) is 13.5 Å². The molecule has 0 unspecified atom stereocenters. The summed E-state index contributed by atoms with van der Waals surface area (Å²) in [5.74, 6) is 0.633. The third-order valence-electron chi connectivity index (χ3n) is 4.14. The van der Waals surface area contributed by atoms with Gasteiger partial charge in [-0.3, -0.25) is 4.79 Å². The van der Waals surface area contributed by atoms with E-state index in [0.717, 1.165) is 27.5 Å². The molecule has 4 heteroatoms. The highest BCUT2D eigenvalue weighted by molar-refractivity contribution is 6.05. The number of aromatic nitrogens is 2. The first kappa shape index (κ1) is 14.5. The van der Waals surface area contributed by atoms with Gasteiger partial charge in [-0.1, -0.05) is 36.4 Å². The highest BCUT2D eigenvalue weighted by Crippen LogP contribution is 2.23. The standard InChI is InChI=1S/C20H17N3O/c1-13-22-18-10-9-15-8-7-14(11-17(15)19(18)20(24)23-13)12-21-16-5-3-2-4-6-16/h2-11,21H,12H2,1H3,(H,22,23,24). The van der Waals surface area contributed by atoms with Gasteiger partial charge in [0, 0.05) is 12.2 Å². The number of rotatable bonds is 3. The van der Waals surface area contributed by atoms with Gasteiger partial charge >= 0.3 is 0 Å². The number of benzene rings is 3. The molecule has 24 heavy (non-hydrogen) atoms. The van der Waals surface area contributed by atoms with Crippen LogP contribution in [0, 0.1) is 6.92 Å². The Balaban J connectivity index is 1.79. The van der Waals surface area contributed by atoms with Gasteiger partial charge in [0.25, 0.3) is 5.56 Å². The summed E-state index contributed by atoms with van der Waals surface area (Å²) in [6, 6.07) is 20.2. The van der Waals surface area contributed by atoms with Gasteiger partial charge in [-0.15, -0.1) is 0 Å². The Kier molecular flexibility index (Phi) is 3.50. The molecule has 0 aliphatic heterocycles. The molecule has 0 amide bonds. The molecule has 4 rings (SSSR count). The van der Waals surface area contributed by atoms with Crippen molar-refractivity contribution in [3.8, 4) is 0 Å². The van der Waals surface area contributed by atoms with Crippen LogP contribution >= 0.6 is 0 Å². The van der Waals surface area contributed by atoms with Gasteiger partial charge in [-0.2, -0.15) is 0 Å². The van der Waals surface area contributed by atoms with Crippen LogP contribution in [-0.4, -0.2) is 9.97 Å². The molecule has 0 bridgehead atoms. The third kappa shape index (κ3) is 2.63. The van der Waals surface area contributed by atoms with Gasteiger partial charge in [0.1, 0.15) is 5.82 Å². The van der Waals surface area contributed by atoms with Crippen LogP contribution in [0.4, 0.5) is 5.69 Å². The fourth-order valence-corrected chi connectivity index (χ4v) is 2.99. The van der Waals surface area contributed by atoms with Crippen molar-refractivity contribution in [2.75, 3.05) is 5.32 Å². The fraction of sp³-hybridized carbons (Fsp3) is 0.100. The van der Waals surface area contributed by atoms with E-state index in [1.165, 1.54) is 0 Å². The van der Waals surface area contributed by atoms with E-state index in [1.54, 1.807) is 6.92 Å². The van der Waals surface area contributed by atoms with Crippen LogP contribution in [0.3, 0.4) is 0 Å². The second kappa shape index (κ2) is 5.81. The van der Waals surface area contributed by atoms with E-state index in [0.29, 0.717) is 17.8 Å². The summed E-state index contributed by atoms with van der Waals surface area (Å²) < 4.78 is 0. The van der Waals surface area contributed by atoms with Crippen molar-refractivity contribution in [2.24, 2.45) is 0 Å². The van der Waals surface area contributed by atoms with Crippen molar-refractivity contribution in [1.82, 2.24) is 9.97 Å². The SMILES string of the molecule is Cc1nc2ccc3ccc(CNc4ccccc4)cc3c2c(=O)[nH]1. The number of nitrogens with one attached hydrogen (secondary N) is 2. The Bertz CT molecular complexity index is 1080. The van der Waals surface area contributed by atoms with E-state index in [2.05, 4.69) is 33.5 Å². The average molecular weight is 315 g/mol. The lowest BCUT2D eigenvalue weighted by molar-refractivity contribution is 1.06. The summed E-state index contributed by atoms with van der Waals surface area (Å²) in [4.78, 5) is 19.6. The molecule has 0 atom stereocenters. The molecule has 4 aromatic rings. The number of nitrogens with zero attached hydrogens (tertiary/aromatic N) is 1. The summed E-state index contributed by atoms with van der Waals surface area (Å²) in [7, 11) is 0. The van der Waals surface area contributed by atoms with Crippen molar-refractivity contribution in [1.29, 1.82) is 0 Å². The number of aromatic amines is 1. The smallest absolute Gasteiger partial charge is 0.259 e. The molecule has 0 radical (unpaired) electrons. The van der Waals surface area contributed by atoms with Crippen LogP contribution in [0.2, 0.25) is 0 Å². The van der Waals surface area contributed by atoms with Crippen LogP contribution < -0.4 is 10.9 Å². The monoisotopic (exact) mass is 315 g/mol. The van der Waals surface area contributed by atoms with Crippen molar-refractivity contribution >= 4 is 27.4 Å². The number of aryl methyl sites for hydroxylation is 1. The van der Waals surface area contributed by atoms with E-state index in [4.69, 9.17) is 0 Å². The zero-order valence-electron chi connectivity index (χ0n) is 13.3. The quantitative estimate of drug-likeness (QED) is 0.562. The minimum Gasteiger partial charge on any atom is -0.381 e. The average Bonchev–Trinajstić information content (AvgIpc) is 2.60. The van der Waals surface area contributed by atoms with Crippen molar-refractivity contribution < 1.29 is 0 Å². The van der Waals surface area contributed by atoms with Gasteiger partial charge in [0.15, 0.2) is 0 Å². The number of fused-ring (bicyclic) bond motifs is 3. The third-order valence-corrected chi connectivity index (χ3v) is 4.14. The molecule has 1 heterocycles. The lowest BCUT2D eigenvalue weighted by Crippen LogP contribution is -2.10. The van der Waals surface area contributed by atoms with Crippen LogP contribution in [0.5, 0.6) is 0 Å². The second-order valence-electron chi connectivity index (χ2n) is 5.89. The molecule has 0 saturated heterocycles. The highest BCUT2D eigenvalue weighted by Gasteiger charge is 2.07. The zero-order chi connectivity index (χ0) is 16.5. The molecular weight excluding hydrogens is 298 g/mol. The molecule has 0 aliphatic rings. The number of H-pyrrole nitrogens is 1. The van der Waals surface area contributed by atoms with Gasteiger partial charge in [0.2, 0.25) is 0 Å². The van der Waals surface area contributed by atoms with Crippen molar-refractivity contribution in [3.63, 3.8) is 0 Å². The number of hydrogen-bond donors (Lipinski definition) is 2. The van der Waals surface area contributed by atoms with Crippen molar-refractivity contribution in [3.05, 3.63) is 82.4 Å². The normalized spacial score (nSPS) is 11.0. The van der Waals surface area contributed by atoms with Crippen LogP contribution in [0.25, 0.3) is 21.7 Å². The number of para-hydroxylation sites is 1. The van der Waals surface area contributed by atoms with Crippen LogP contribution in [0.1, 0.15) is 11.4 Å². The molecule has 3 aromatic carbocycles. The first-order chi connectivity index (χ1) is 11.7. The van der Waals surface area contributed by atoms with E-state index >= 15 is 0 Å². The predicted molar refractivity (Wildman–Crippen MR) is 98.4 cm³/mol. The Morgan fingerprint density at radius 3 is 2.67 bits per heavy atom. The Morgan fingerprint density at radius 2 is 1.83 bits per heavy atom. The maximum Gasteiger partial charge on any atom is 0.259 e. The molecule has 0 aliphatic carbocycles. The van der Waals surface area contributed by atoms with Gasteiger partial charge in [-0.05, 0) is 47.5 Å². The summed E-state index contributed by atoms with van der Waals surface area (Å²) in [6.45, 7) is 2.50. The van der Waals surface area contributed by atoms with Gasteiger partial charge < -0.3 is 10.3 Å². The number of hydrogen-bond acceptors (Lipinski definition) is 3. The van der Waals surface area contributed by atoms with Crippen LogP contribution in [0.15, 0.2) is 65.5 Å². The zero-order valence-corrected chi connectivity index (χ0v) is 13.3. The molecule has 0 fully saturated rings. The van der Waals surface area contributed by atoms with Gasteiger partial charge in [-0.25, -0.2) is 4.98 Å². The summed E-state index contributed by atoms with van der Waals surface area (Å²) in [6.07, 6.45) is 0. The maximum atomic E-state index is 12.4. The molecule has 1 aromatic heterocycles. The molecule has 118 valence electrons. The fourth-order valence-electron chi connectivity index (χ4n) is 2.99. The minimum absolute atomic E-state index is 0.0868. The largest absolute Gasteiger partial charge is 0.381 e. The lowest BCUT2D eigenvalue weighted by atomic mass is 10.0. The van der Waals surface area contributed by atoms with Gasteiger partial charge in [0.05, 0.1) is 10.9 Å². The molecule has 0 spiro atoms. The topological polar surface area (TPSA) is 57.8 Å². The van der Waals surface area contributed by atoms with Crippen LogP contribution in [-0.2, 0) is 6.54 Å². The molecule has 0 saturated carbocycles. The van der Waals surface area contributed by atoms with E-state index < -0.39 is 0 Å². The molecule has 4 nitrogen and oxygen atoms in total. The first-order valence-electron chi connectivity index (χ1n) is 7.92. The Morgan fingerprint density at radius 1 is 1.04 bits per heavy atom. The lowest BCUT2D eigenvalue weighted by Gasteiger charge is -2.09. The summed E-state index contributed by atoms with van der Waals surface area (Å²) in [5.41, 5.74) is 2.85. The summed E-state index contributed by atoms with van der Waals surface area (Å²) >= 11 is 0. The highest BCUT2D eigenvalue weighted by atomic mass is 16.1. The van der Waals surface area contributed by atoms with E-state index in [-0.39, 0.29) is 5.56 Å². The molecule has 2 N–H and O–H groups in total. The van der Waals surface area contributed by atoms with E-state index in [1.807, 2.05) is 42.5 Å². The van der Waals surface area contributed by atoms with E-state index in [9.17, 15) is 4.79 Å². The minimum atomic E-state index is -0.0868. The second-order valence-corrected chi connectivity index (χ2v) is 5.89. The first-order valence-corrected chi connectivity index (χ1v) is 7.92. The maximum absolute atomic E-state index is 12.4. The number of anilines is 1.